The van der Waals surface area contributed by atoms with E-state index in [1.54, 1.807) is 18.6 Å². The second-order valence-corrected chi connectivity index (χ2v) is 4.30. The van der Waals surface area contributed by atoms with Crippen molar-refractivity contribution in [2.75, 3.05) is 0 Å². The van der Waals surface area contributed by atoms with Crippen LogP contribution in [0.5, 0.6) is 0 Å². The predicted molar refractivity (Wildman–Crippen MR) is 72.2 cm³/mol. The predicted octanol–water partition coefficient (Wildman–Crippen LogP) is 2.25. The Morgan fingerprint density at radius 1 is 1.05 bits per heavy atom. The summed E-state index contributed by atoms with van der Waals surface area (Å²) in [6, 6.07) is 8.07. The van der Waals surface area contributed by atoms with E-state index in [0.717, 1.165) is 28.5 Å². The van der Waals surface area contributed by atoms with E-state index in [4.69, 9.17) is 0 Å². The Morgan fingerprint density at radius 2 is 1.89 bits per heavy atom. The summed E-state index contributed by atoms with van der Waals surface area (Å²) in [4.78, 5) is 8.40. The summed E-state index contributed by atoms with van der Waals surface area (Å²) in [6.07, 6.45) is 5.11. The van der Waals surface area contributed by atoms with Gasteiger partial charge in [-0.15, -0.1) is 10.2 Å². The monoisotopic (exact) mass is 251 g/mol. The summed E-state index contributed by atoms with van der Waals surface area (Å²) < 4.78 is 1.97. The van der Waals surface area contributed by atoms with E-state index >= 15 is 0 Å². The molecule has 3 aromatic rings. The molecule has 0 saturated heterocycles. The molecule has 19 heavy (non-hydrogen) atoms. The molecule has 0 atom stereocenters. The zero-order valence-electron chi connectivity index (χ0n) is 10.8. The highest BCUT2D eigenvalue weighted by Gasteiger charge is 2.09. The topological polar surface area (TPSA) is 56.5 Å². The number of hydrogen-bond acceptors (Lipinski definition) is 4. The number of aromatic nitrogens is 5. The molecule has 0 aliphatic heterocycles. The Balaban J connectivity index is 2.08. The quantitative estimate of drug-likeness (QED) is 0.701. The van der Waals surface area contributed by atoms with Gasteiger partial charge in [0.1, 0.15) is 5.82 Å². The Morgan fingerprint density at radius 3 is 2.58 bits per heavy atom. The SMILES string of the molecule is Cc1nnc(-c2cccc(-c3cnccn3)c2)n1C. The molecular formula is C14H13N5. The van der Waals surface area contributed by atoms with Crippen molar-refractivity contribution in [1.82, 2.24) is 24.7 Å². The van der Waals surface area contributed by atoms with Crippen LogP contribution in [-0.4, -0.2) is 24.7 Å². The molecular weight excluding hydrogens is 238 g/mol. The third kappa shape index (κ3) is 2.10. The summed E-state index contributed by atoms with van der Waals surface area (Å²) in [5.74, 6) is 1.74. The minimum atomic E-state index is 0.850. The molecule has 94 valence electrons. The van der Waals surface area contributed by atoms with E-state index < -0.39 is 0 Å². The molecule has 5 nitrogen and oxygen atoms in total. The maximum absolute atomic E-state index is 4.31. The minimum Gasteiger partial charge on any atom is -0.314 e. The van der Waals surface area contributed by atoms with Crippen molar-refractivity contribution < 1.29 is 0 Å². The van der Waals surface area contributed by atoms with Crippen LogP contribution in [0.4, 0.5) is 0 Å². The van der Waals surface area contributed by atoms with Gasteiger partial charge >= 0.3 is 0 Å². The zero-order valence-corrected chi connectivity index (χ0v) is 10.8. The number of aryl methyl sites for hydroxylation is 1. The molecule has 0 unspecified atom stereocenters. The van der Waals surface area contributed by atoms with Gasteiger partial charge in [-0.1, -0.05) is 18.2 Å². The third-order valence-corrected chi connectivity index (χ3v) is 3.07. The molecule has 0 amide bonds. The summed E-state index contributed by atoms with van der Waals surface area (Å²) >= 11 is 0. The molecule has 0 bridgehead atoms. The van der Waals surface area contributed by atoms with Crippen LogP contribution in [0.15, 0.2) is 42.9 Å². The van der Waals surface area contributed by atoms with Crippen molar-refractivity contribution in [3.63, 3.8) is 0 Å². The van der Waals surface area contributed by atoms with Gasteiger partial charge in [0, 0.05) is 30.6 Å². The molecule has 0 spiro atoms. The van der Waals surface area contributed by atoms with E-state index in [2.05, 4.69) is 20.2 Å². The molecule has 0 fully saturated rings. The number of nitrogens with zero attached hydrogens (tertiary/aromatic N) is 5. The van der Waals surface area contributed by atoms with Gasteiger partial charge in [-0.2, -0.15) is 0 Å². The first-order valence-electron chi connectivity index (χ1n) is 5.98. The first kappa shape index (κ1) is 11.5. The van der Waals surface area contributed by atoms with Gasteiger partial charge in [-0.05, 0) is 13.0 Å². The second-order valence-electron chi connectivity index (χ2n) is 4.30. The highest BCUT2D eigenvalue weighted by atomic mass is 15.3. The van der Waals surface area contributed by atoms with Crippen molar-refractivity contribution in [3.8, 4) is 22.6 Å². The normalized spacial score (nSPS) is 10.6. The summed E-state index contributed by atoms with van der Waals surface area (Å²) in [5.41, 5.74) is 2.89. The van der Waals surface area contributed by atoms with E-state index in [0.29, 0.717) is 0 Å². The molecule has 0 radical (unpaired) electrons. The Kier molecular flexibility index (Phi) is 2.79. The maximum atomic E-state index is 4.31. The first-order valence-corrected chi connectivity index (χ1v) is 5.98. The lowest BCUT2D eigenvalue weighted by Gasteiger charge is -2.04. The Hall–Kier alpha value is -2.56. The van der Waals surface area contributed by atoms with E-state index in [9.17, 15) is 0 Å². The van der Waals surface area contributed by atoms with Crippen LogP contribution < -0.4 is 0 Å². The molecule has 2 heterocycles. The molecule has 1 aromatic carbocycles. The van der Waals surface area contributed by atoms with Crippen molar-refractivity contribution >= 4 is 0 Å². The smallest absolute Gasteiger partial charge is 0.163 e. The molecule has 0 saturated carbocycles. The van der Waals surface area contributed by atoms with Gasteiger partial charge in [0.05, 0.1) is 11.9 Å². The highest BCUT2D eigenvalue weighted by molar-refractivity contribution is 5.67. The average Bonchev–Trinajstić information content (AvgIpc) is 2.80. The maximum Gasteiger partial charge on any atom is 0.163 e. The molecule has 0 aliphatic rings. The van der Waals surface area contributed by atoms with Crippen molar-refractivity contribution in [3.05, 3.63) is 48.7 Å². The lowest BCUT2D eigenvalue weighted by atomic mass is 10.1. The van der Waals surface area contributed by atoms with Crippen molar-refractivity contribution in [2.24, 2.45) is 7.05 Å². The second kappa shape index (κ2) is 4.61. The van der Waals surface area contributed by atoms with E-state index in [1.807, 2.05) is 42.8 Å². The van der Waals surface area contributed by atoms with Crippen LogP contribution in [0.1, 0.15) is 5.82 Å². The van der Waals surface area contributed by atoms with Crippen LogP contribution in [-0.2, 0) is 7.05 Å². The van der Waals surface area contributed by atoms with Gasteiger partial charge in [0.2, 0.25) is 0 Å². The molecule has 5 heteroatoms. The van der Waals surface area contributed by atoms with Gasteiger partial charge in [0.25, 0.3) is 0 Å². The summed E-state index contributed by atoms with van der Waals surface area (Å²) in [7, 11) is 1.96. The number of benzene rings is 1. The van der Waals surface area contributed by atoms with Crippen LogP contribution >= 0.6 is 0 Å². The third-order valence-electron chi connectivity index (χ3n) is 3.07. The van der Waals surface area contributed by atoms with Gasteiger partial charge < -0.3 is 4.57 Å². The minimum absolute atomic E-state index is 0.850. The van der Waals surface area contributed by atoms with Crippen LogP contribution in [0.2, 0.25) is 0 Å². The van der Waals surface area contributed by atoms with E-state index in [1.165, 1.54) is 0 Å². The van der Waals surface area contributed by atoms with Gasteiger partial charge in [0.15, 0.2) is 5.82 Å². The van der Waals surface area contributed by atoms with Crippen molar-refractivity contribution in [2.45, 2.75) is 6.92 Å². The fourth-order valence-electron chi connectivity index (χ4n) is 1.92. The highest BCUT2D eigenvalue weighted by Crippen LogP contribution is 2.23. The molecule has 2 aromatic heterocycles. The largest absolute Gasteiger partial charge is 0.314 e. The summed E-state index contributed by atoms with van der Waals surface area (Å²) in [6.45, 7) is 1.93. The fraction of sp³-hybridized carbons (Fsp3) is 0.143. The molecule has 0 aliphatic carbocycles. The number of hydrogen-bond donors (Lipinski definition) is 0. The van der Waals surface area contributed by atoms with Crippen LogP contribution in [0.3, 0.4) is 0 Å². The first-order chi connectivity index (χ1) is 9.25. The standard InChI is InChI=1S/C14H13N5/c1-10-17-18-14(19(10)2)12-5-3-4-11(8-12)13-9-15-6-7-16-13/h3-9H,1-2H3. The van der Waals surface area contributed by atoms with Crippen LogP contribution in [0, 0.1) is 6.92 Å². The molecule has 0 N–H and O–H groups in total. The number of rotatable bonds is 2. The fourth-order valence-corrected chi connectivity index (χ4v) is 1.92. The molecule has 3 rings (SSSR count). The Labute approximate surface area is 111 Å². The summed E-state index contributed by atoms with van der Waals surface area (Å²) in [5, 5.41) is 8.28. The zero-order chi connectivity index (χ0) is 13.2. The van der Waals surface area contributed by atoms with Gasteiger partial charge in [-0.25, -0.2) is 0 Å². The lowest BCUT2D eigenvalue weighted by Crippen LogP contribution is -1.95. The van der Waals surface area contributed by atoms with Gasteiger partial charge in [-0.3, -0.25) is 9.97 Å². The average molecular weight is 251 g/mol. The van der Waals surface area contributed by atoms with Crippen LogP contribution in [0.25, 0.3) is 22.6 Å². The lowest BCUT2D eigenvalue weighted by molar-refractivity contribution is 0.865. The van der Waals surface area contributed by atoms with Crippen molar-refractivity contribution in [1.29, 1.82) is 0 Å². The Bertz CT molecular complexity index is 703. The van der Waals surface area contributed by atoms with E-state index in [-0.39, 0.29) is 0 Å².